The Kier molecular flexibility index (Phi) is 7.77. The van der Waals surface area contributed by atoms with E-state index in [0.29, 0.717) is 11.8 Å². The van der Waals surface area contributed by atoms with E-state index in [4.69, 9.17) is 0 Å². The number of rotatable bonds is 5. The Morgan fingerprint density at radius 1 is 1.18 bits per heavy atom. The summed E-state index contributed by atoms with van der Waals surface area (Å²) in [5.41, 5.74) is 0. The third kappa shape index (κ3) is 5.63. The van der Waals surface area contributed by atoms with Crippen molar-refractivity contribution in [3.05, 3.63) is 0 Å². The van der Waals surface area contributed by atoms with Crippen molar-refractivity contribution in [3.63, 3.8) is 0 Å². The Morgan fingerprint density at radius 3 is 2.09 bits per heavy atom. The number of hydrogen-bond acceptors (Lipinski definition) is 0. The average Bonchev–Trinajstić information content (AvgIpc) is 2.02. The van der Waals surface area contributed by atoms with Crippen LogP contribution in [0.3, 0.4) is 0 Å². The van der Waals surface area contributed by atoms with Crippen molar-refractivity contribution in [2.45, 2.75) is 26.4 Å². The first-order chi connectivity index (χ1) is 5.11. The first kappa shape index (κ1) is 12.4. The molecule has 0 bridgehead atoms. The molecule has 1 nitrogen and oxygen atoms in total. The maximum absolute atomic E-state index is 11.4. The molecule has 0 aromatic carbocycles. The van der Waals surface area contributed by atoms with Crippen molar-refractivity contribution < 1.29 is 5.11 Å². The Morgan fingerprint density at radius 2 is 1.73 bits per heavy atom. The van der Waals surface area contributed by atoms with Crippen LogP contribution in [0.4, 0.5) is 0 Å². The molecule has 0 amide bonds. The zero-order valence-electron chi connectivity index (χ0n) is 7.02. The minimum absolute atomic E-state index is 0.334. The molecule has 0 aromatic rings. The van der Waals surface area contributed by atoms with Gasteiger partial charge in [-0.25, -0.2) is 5.11 Å². The van der Waals surface area contributed by atoms with E-state index in [1.54, 1.807) is 0 Å². The highest BCUT2D eigenvalue weighted by Crippen LogP contribution is 2.17. The second-order valence-corrected chi connectivity index (χ2v) is 4.93. The van der Waals surface area contributed by atoms with Gasteiger partial charge in [-0.2, -0.15) is 0 Å². The second-order valence-electron chi connectivity index (χ2n) is 3.17. The van der Waals surface area contributed by atoms with Gasteiger partial charge in [0.15, 0.2) is 0 Å². The lowest BCUT2D eigenvalue weighted by molar-refractivity contribution is 0.0361. The van der Waals surface area contributed by atoms with Gasteiger partial charge in [0.05, 0.1) is 6.10 Å². The molecular weight excluding hydrogens is 366 g/mol. The molecule has 0 aromatic heterocycles. The average molecular weight is 381 g/mol. The lowest BCUT2D eigenvalue weighted by Crippen LogP contribution is -2.20. The Balaban J connectivity index is 3.58. The van der Waals surface area contributed by atoms with E-state index in [1.807, 2.05) is 6.92 Å². The molecule has 0 aliphatic heterocycles. The predicted molar refractivity (Wildman–Crippen MR) is 65.2 cm³/mol. The largest absolute Gasteiger partial charge is 0.233 e. The van der Waals surface area contributed by atoms with Gasteiger partial charge in [0, 0.05) is 8.86 Å². The molecule has 0 saturated carbocycles. The van der Waals surface area contributed by atoms with Crippen LogP contribution in [-0.4, -0.2) is 15.0 Å². The summed E-state index contributed by atoms with van der Waals surface area (Å²) in [7, 11) is 0. The van der Waals surface area contributed by atoms with Gasteiger partial charge in [0.2, 0.25) is 0 Å². The molecule has 11 heavy (non-hydrogen) atoms. The molecule has 3 unspecified atom stereocenters. The zero-order valence-corrected chi connectivity index (χ0v) is 11.3. The van der Waals surface area contributed by atoms with Crippen LogP contribution in [0.15, 0.2) is 0 Å². The van der Waals surface area contributed by atoms with Crippen LogP contribution in [0.5, 0.6) is 0 Å². The molecule has 1 radical (unpaired) electrons. The zero-order chi connectivity index (χ0) is 8.85. The maximum atomic E-state index is 11.4. The third-order valence-corrected chi connectivity index (χ3v) is 4.67. The van der Waals surface area contributed by atoms with E-state index in [0.717, 1.165) is 15.3 Å². The summed E-state index contributed by atoms with van der Waals surface area (Å²) in [6, 6.07) is 0. The summed E-state index contributed by atoms with van der Waals surface area (Å²) in [6.07, 6.45) is 0.490. The van der Waals surface area contributed by atoms with Crippen LogP contribution in [0.1, 0.15) is 20.3 Å². The Labute approximate surface area is 96.6 Å². The van der Waals surface area contributed by atoms with Crippen molar-refractivity contribution in [3.8, 4) is 0 Å². The third-order valence-electron chi connectivity index (χ3n) is 1.78. The van der Waals surface area contributed by atoms with Crippen LogP contribution in [0.2, 0.25) is 0 Å². The van der Waals surface area contributed by atoms with Crippen molar-refractivity contribution in [1.29, 1.82) is 0 Å². The summed E-state index contributed by atoms with van der Waals surface area (Å²) >= 11 is 4.63. The van der Waals surface area contributed by atoms with Gasteiger partial charge in [0.1, 0.15) is 0 Å². The molecular formula is C8H15I2O. The quantitative estimate of drug-likeness (QED) is 0.515. The van der Waals surface area contributed by atoms with E-state index in [2.05, 4.69) is 52.1 Å². The number of halogens is 2. The standard InChI is InChI=1S/C8H15I2O/c1-6(4-9)3-8(11)7(2)5-10/h6-8H,3-5H2,1-2H3. The fraction of sp³-hybridized carbons (Fsp3) is 1.00. The van der Waals surface area contributed by atoms with Crippen LogP contribution in [-0.2, 0) is 5.11 Å². The molecule has 0 N–H and O–H groups in total. The second kappa shape index (κ2) is 6.88. The van der Waals surface area contributed by atoms with E-state index in [9.17, 15) is 5.11 Å². The van der Waals surface area contributed by atoms with Gasteiger partial charge in [-0.3, -0.25) is 0 Å². The first-order valence-corrected chi connectivity index (χ1v) is 6.94. The summed E-state index contributed by atoms with van der Waals surface area (Å²) < 4.78 is 2.09. The van der Waals surface area contributed by atoms with E-state index in [1.165, 1.54) is 0 Å². The minimum atomic E-state index is -0.350. The summed E-state index contributed by atoms with van der Waals surface area (Å²) in [4.78, 5) is 0. The number of alkyl halides is 2. The highest BCUT2D eigenvalue weighted by atomic mass is 127. The lowest BCUT2D eigenvalue weighted by Gasteiger charge is -2.16. The van der Waals surface area contributed by atoms with Gasteiger partial charge in [0.25, 0.3) is 0 Å². The van der Waals surface area contributed by atoms with E-state index in [-0.39, 0.29) is 6.10 Å². The molecule has 67 valence electrons. The lowest BCUT2D eigenvalue weighted by atomic mass is 9.98. The summed E-state index contributed by atoms with van der Waals surface area (Å²) in [5.74, 6) is 0.921. The van der Waals surface area contributed by atoms with Crippen LogP contribution < -0.4 is 0 Å². The minimum Gasteiger partial charge on any atom is -0.233 e. The van der Waals surface area contributed by atoms with Gasteiger partial charge in [-0.05, 0) is 18.3 Å². The number of hydrogen-bond donors (Lipinski definition) is 0. The van der Waals surface area contributed by atoms with Gasteiger partial charge < -0.3 is 0 Å². The SMILES string of the molecule is CC(CI)CC([O])C(C)CI. The van der Waals surface area contributed by atoms with Gasteiger partial charge in [-0.15, -0.1) is 0 Å². The van der Waals surface area contributed by atoms with Crippen molar-refractivity contribution in [2.24, 2.45) is 11.8 Å². The maximum Gasteiger partial charge on any atom is 0.0965 e. The summed E-state index contributed by atoms with van der Waals surface area (Å²) in [6.45, 7) is 4.20. The Bertz CT molecular complexity index is 98.1. The monoisotopic (exact) mass is 381 g/mol. The van der Waals surface area contributed by atoms with Crippen LogP contribution >= 0.6 is 45.2 Å². The highest BCUT2D eigenvalue weighted by molar-refractivity contribution is 14.1. The fourth-order valence-corrected chi connectivity index (χ4v) is 1.72. The van der Waals surface area contributed by atoms with Crippen LogP contribution in [0, 0.1) is 11.8 Å². The molecule has 0 aliphatic rings. The summed E-state index contributed by atoms with van der Waals surface area (Å²) in [5, 5.41) is 11.4. The molecule has 0 saturated heterocycles. The molecule has 0 spiro atoms. The molecule has 0 fully saturated rings. The van der Waals surface area contributed by atoms with E-state index >= 15 is 0 Å². The van der Waals surface area contributed by atoms with Crippen molar-refractivity contribution >= 4 is 45.2 Å². The molecule has 3 heteroatoms. The molecule has 0 rings (SSSR count). The highest BCUT2D eigenvalue weighted by Gasteiger charge is 2.17. The van der Waals surface area contributed by atoms with Crippen molar-refractivity contribution in [2.75, 3.05) is 8.86 Å². The van der Waals surface area contributed by atoms with E-state index < -0.39 is 0 Å². The molecule has 0 heterocycles. The van der Waals surface area contributed by atoms with Gasteiger partial charge >= 0.3 is 0 Å². The topological polar surface area (TPSA) is 19.9 Å². The Hall–Kier alpha value is 1.42. The van der Waals surface area contributed by atoms with Gasteiger partial charge in [-0.1, -0.05) is 59.0 Å². The first-order valence-electron chi connectivity index (χ1n) is 3.89. The normalized spacial score (nSPS) is 19.4. The molecule has 3 atom stereocenters. The van der Waals surface area contributed by atoms with Crippen LogP contribution in [0.25, 0.3) is 0 Å². The molecule has 0 aliphatic carbocycles. The smallest absolute Gasteiger partial charge is 0.0965 e. The fourth-order valence-electron chi connectivity index (χ4n) is 0.791. The predicted octanol–water partition coefficient (Wildman–Crippen LogP) is 3.32. The van der Waals surface area contributed by atoms with Crippen molar-refractivity contribution in [1.82, 2.24) is 0 Å².